The molecule has 0 spiro atoms. The van der Waals surface area contributed by atoms with E-state index in [1.54, 1.807) is 0 Å². The molecule has 1 aliphatic rings. The first-order valence-electron chi connectivity index (χ1n) is 7.27. The summed E-state index contributed by atoms with van der Waals surface area (Å²) in [4.78, 5) is 2.52. The molecule has 0 amide bonds. The normalized spacial score (nSPS) is 23.8. The third-order valence-electron chi connectivity index (χ3n) is 4.18. The van der Waals surface area contributed by atoms with Gasteiger partial charge < -0.3 is 5.73 Å². The average molecular weight is 264 g/mol. The van der Waals surface area contributed by atoms with Crippen molar-refractivity contribution in [3.63, 3.8) is 0 Å². The molecule has 19 heavy (non-hydrogen) atoms. The Bertz CT molecular complexity index is 400. The Morgan fingerprint density at radius 1 is 1.21 bits per heavy atom. The van der Waals surface area contributed by atoms with Crippen molar-refractivity contribution in [2.24, 2.45) is 11.7 Å². The van der Waals surface area contributed by atoms with Crippen LogP contribution in [0.3, 0.4) is 0 Å². The van der Waals surface area contributed by atoms with E-state index < -0.39 is 0 Å². The maximum atomic E-state index is 13.1. The van der Waals surface area contributed by atoms with Gasteiger partial charge >= 0.3 is 0 Å². The fraction of sp³-hybridized carbons (Fsp3) is 0.625. The highest BCUT2D eigenvalue weighted by atomic mass is 19.1. The fourth-order valence-electron chi connectivity index (χ4n) is 3.33. The van der Waals surface area contributed by atoms with Gasteiger partial charge in [0.1, 0.15) is 5.82 Å². The zero-order chi connectivity index (χ0) is 14.0. The Hall–Kier alpha value is -0.930. The van der Waals surface area contributed by atoms with Crippen molar-refractivity contribution in [1.29, 1.82) is 0 Å². The van der Waals surface area contributed by atoms with Crippen LogP contribution in [0.25, 0.3) is 0 Å². The van der Waals surface area contributed by atoms with Crippen molar-refractivity contribution in [2.75, 3.05) is 6.54 Å². The topological polar surface area (TPSA) is 29.3 Å². The third-order valence-corrected chi connectivity index (χ3v) is 4.18. The molecular formula is C16H25FN2. The van der Waals surface area contributed by atoms with E-state index in [0.29, 0.717) is 12.0 Å². The lowest BCUT2D eigenvalue weighted by Crippen LogP contribution is -2.44. The summed E-state index contributed by atoms with van der Waals surface area (Å²) in [5.74, 6) is 0.443. The predicted octanol–water partition coefficient (Wildman–Crippen LogP) is 3.33. The van der Waals surface area contributed by atoms with Crippen molar-refractivity contribution in [3.8, 4) is 0 Å². The van der Waals surface area contributed by atoms with E-state index in [2.05, 4.69) is 18.7 Å². The summed E-state index contributed by atoms with van der Waals surface area (Å²) < 4.78 is 13.1. The predicted molar refractivity (Wildman–Crippen MR) is 77.4 cm³/mol. The number of benzene rings is 1. The molecule has 3 atom stereocenters. The Morgan fingerprint density at radius 2 is 1.84 bits per heavy atom. The molecule has 3 heteroatoms. The lowest BCUT2D eigenvalue weighted by Gasteiger charge is -2.37. The number of hydrogen-bond donors (Lipinski definition) is 1. The van der Waals surface area contributed by atoms with Gasteiger partial charge in [0.25, 0.3) is 0 Å². The minimum absolute atomic E-state index is 0.0461. The number of rotatable bonds is 4. The molecule has 106 valence electrons. The molecule has 0 saturated carbocycles. The van der Waals surface area contributed by atoms with E-state index in [9.17, 15) is 4.39 Å². The van der Waals surface area contributed by atoms with Gasteiger partial charge in [0.15, 0.2) is 0 Å². The average Bonchev–Trinajstić information content (AvgIpc) is 2.80. The largest absolute Gasteiger partial charge is 0.326 e. The molecule has 1 aromatic carbocycles. The van der Waals surface area contributed by atoms with Crippen LogP contribution in [0.15, 0.2) is 24.3 Å². The van der Waals surface area contributed by atoms with Gasteiger partial charge in [0, 0.05) is 18.1 Å². The van der Waals surface area contributed by atoms with E-state index in [-0.39, 0.29) is 17.9 Å². The maximum absolute atomic E-state index is 13.1. The Balaban J connectivity index is 2.27. The Labute approximate surface area is 115 Å². The smallest absolute Gasteiger partial charge is 0.123 e. The first kappa shape index (κ1) is 14.5. The van der Waals surface area contributed by atoms with Crippen LogP contribution in [0.1, 0.15) is 45.2 Å². The van der Waals surface area contributed by atoms with E-state index in [4.69, 9.17) is 5.73 Å². The monoisotopic (exact) mass is 264 g/mol. The molecule has 1 aliphatic heterocycles. The summed E-state index contributed by atoms with van der Waals surface area (Å²) in [7, 11) is 0. The van der Waals surface area contributed by atoms with Crippen molar-refractivity contribution < 1.29 is 4.39 Å². The van der Waals surface area contributed by atoms with Crippen molar-refractivity contribution in [3.05, 3.63) is 35.6 Å². The minimum Gasteiger partial charge on any atom is -0.326 e. The van der Waals surface area contributed by atoms with Crippen LogP contribution < -0.4 is 5.73 Å². The molecule has 0 aromatic heterocycles. The van der Waals surface area contributed by atoms with Crippen molar-refractivity contribution in [2.45, 2.75) is 51.7 Å². The van der Waals surface area contributed by atoms with Gasteiger partial charge in [-0.1, -0.05) is 26.0 Å². The second kappa shape index (κ2) is 6.02. The van der Waals surface area contributed by atoms with Gasteiger partial charge in [0.2, 0.25) is 0 Å². The van der Waals surface area contributed by atoms with E-state index in [1.165, 1.54) is 25.0 Å². The lowest BCUT2D eigenvalue weighted by atomic mass is 9.95. The standard InChI is InChI=1S/C16H25FN2/c1-11(2)15-5-4-10-19(15)16(12(3)18)13-6-8-14(17)9-7-13/h6-9,11-12,15-16H,4-5,10,18H2,1-3H3. The first-order chi connectivity index (χ1) is 9.00. The summed E-state index contributed by atoms with van der Waals surface area (Å²) in [6.07, 6.45) is 2.47. The van der Waals surface area contributed by atoms with Crippen LogP contribution in [-0.4, -0.2) is 23.5 Å². The van der Waals surface area contributed by atoms with Crippen LogP contribution in [-0.2, 0) is 0 Å². The molecule has 2 N–H and O–H groups in total. The number of likely N-dealkylation sites (tertiary alicyclic amines) is 1. The summed E-state index contributed by atoms with van der Waals surface area (Å²) in [5.41, 5.74) is 7.34. The molecule has 1 saturated heterocycles. The second-order valence-electron chi connectivity index (χ2n) is 6.05. The third kappa shape index (κ3) is 3.15. The van der Waals surface area contributed by atoms with E-state index in [0.717, 1.165) is 12.1 Å². The van der Waals surface area contributed by atoms with Gasteiger partial charge in [-0.25, -0.2) is 4.39 Å². The van der Waals surface area contributed by atoms with Gasteiger partial charge in [-0.15, -0.1) is 0 Å². The highest BCUT2D eigenvalue weighted by molar-refractivity contribution is 5.22. The van der Waals surface area contributed by atoms with E-state index in [1.807, 2.05) is 19.1 Å². The molecule has 2 nitrogen and oxygen atoms in total. The SMILES string of the molecule is CC(C)C1CCCN1C(c1ccc(F)cc1)C(C)N. The van der Waals surface area contributed by atoms with Crippen molar-refractivity contribution >= 4 is 0 Å². The Morgan fingerprint density at radius 3 is 2.37 bits per heavy atom. The molecule has 1 aromatic rings. The fourth-order valence-corrected chi connectivity index (χ4v) is 3.33. The zero-order valence-electron chi connectivity index (χ0n) is 12.1. The highest BCUT2D eigenvalue weighted by Crippen LogP contribution is 2.34. The highest BCUT2D eigenvalue weighted by Gasteiger charge is 2.34. The first-order valence-corrected chi connectivity index (χ1v) is 7.27. The minimum atomic E-state index is -0.186. The summed E-state index contributed by atoms with van der Waals surface area (Å²) in [5, 5.41) is 0. The van der Waals surface area contributed by atoms with Gasteiger partial charge in [-0.2, -0.15) is 0 Å². The van der Waals surface area contributed by atoms with Crippen LogP contribution in [0, 0.1) is 11.7 Å². The van der Waals surface area contributed by atoms with Gasteiger partial charge in [0.05, 0.1) is 0 Å². The van der Waals surface area contributed by atoms with Crippen LogP contribution in [0.4, 0.5) is 4.39 Å². The maximum Gasteiger partial charge on any atom is 0.123 e. The van der Waals surface area contributed by atoms with Crippen LogP contribution >= 0.6 is 0 Å². The number of nitrogens with zero attached hydrogens (tertiary/aromatic N) is 1. The van der Waals surface area contributed by atoms with Crippen LogP contribution in [0.5, 0.6) is 0 Å². The second-order valence-corrected chi connectivity index (χ2v) is 6.05. The molecule has 0 aliphatic carbocycles. The molecule has 1 fully saturated rings. The van der Waals surface area contributed by atoms with Crippen LogP contribution in [0.2, 0.25) is 0 Å². The summed E-state index contributed by atoms with van der Waals surface area (Å²) in [6, 6.07) is 7.63. The molecular weight excluding hydrogens is 239 g/mol. The lowest BCUT2D eigenvalue weighted by molar-refractivity contribution is 0.130. The molecule has 0 radical (unpaired) electrons. The number of nitrogens with two attached hydrogens (primary N) is 1. The van der Waals surface area contributed by atoms with Crippen molar-refractivity contribution in [1.82, 2.24) is 4.90 Å². The molecule has 0 bridgehead atoms. The van der Waals surface area contributed by atoms with E-state index >= 15 is 0 Å². The molecule has 3 unspecified atom stereocenters. The quantitative estimate of drug-likeness (QED) is 0.903. The number of halogens is 1. The van der Waals surface area contributed by atoms with Gasteiger partial charge in [-0.3, -0.25) is 4.90 Å². The summed E-state index contributed by atoms with van der Waals surface area (Å²) in [6.45, 7) is 7.67. The molecule has 1 heterocycles. The zero-order valence-corrected chi connectivity index (χ0v) is 12.1. The Kier molecular flexibility index (Phi) is 4.58. The molecule has 2 rings (SSSR count). The summed E-state index contributed by atoms with van der Waals surface area (Å²) >= 11 is 0. The number of hydrogen-bond acceptors (Lipinski definition) is 2. The van der Waals surface area contributed by atoms with Gasteiger partial charge in [-0.05, 0) is 49.9 Å².